The smallest absolute Gasteiger partial charge is 0.280 e. The first kappa shape index (κ1) is 24.0. The molecule has 0 unspecified atom stereocenters. The Labute approximate surface area is 181 Å². The van der Waals surface area contributed by atoms with Gasteiger partial charge in [0.05, 0.1) is 5.02 Å². The minimum atomic E-state index is -2.75. The average Bonchev–Trinajstić information content (AvgIpc) is 2.73. The molecule has 0 bridgehead atoms. The third kappa shape index (κ3) is 8.55. The van der Waals surface area contributed by atoms with Crippen LogP contribution < -0.4 is 20.1 Å². The maximum Gasteiger partial charge on any atom is 0.280 e. The molecule has 0 saturated heterocycles. The highest BCUT2D eigenvalue weighted by atomic mass is 35.5. The zero-order chi connectivity index (χ0) is 22.8. The number of hydrogen-bond acceptors (Lipinski definition) is 5. The first-order valence-corrected chi connectivity index (χ1v) is 9.31. The van der Waals surface area contributed by atoms with Gasteiger partial charge in [-0.2, -0.15) is 0 Å². The number of ether oxygens (including phenoxy) is 2. The summed E-state index contributed by atoms with van der Waals surface area (Å²) in [6, 6.07) is 6.20. The summed E-state index contributed by atoms with van der Waals surface area (Å²) in [5.41, 5.74) is -0.138. The van der Waals surface area contributed by atoms with Gasteiger partial charge in [-0.3, -0.25) is 14.6 Å². The minimum absolute atomic E-state index is 0.0542. The molecule has 166 valence electrons. The normalized spacial score (nSPS) is 10.5. The molecule has 11 heteroatoms. The second-order valence-corrected chi connectivity index (χ2v) is 6.53. The van der Waals surface area contributed by atoms with Gasteiger partial charge in [0.1, 0.15) is 23.0 Å². The van der Waals surface area contributed by atoms with Crippen molar-refractivity contribution in [1.29, 1.82) is 0 Å². The molecule has 2 aromatic rings. The Morgan fingerprint density at radius 1 is 1.10 bits per heavy atom. The van der Waals surface area contributed by atoms with Crippen molar-refractivity contribution < 1.29 is 32.2 Å². The molecular weight excluding hydrogens is 439 g/mol. The number of rotatable bonds is 11. The summed E-state index contributed by atoms with van der Waals surface area (Å²) in [7, 11) is 0. The molecule has 0 aliphatic carbocycles. The van der Waals surface area contributed by atoms with Gasteiger partial charge in [0.25, 0.3) is 18.2 Å². The van der Waals surface area contributed by atoms with Crippen LogP contribution in [-0.4, -0.2) is 36.6 Å². The van der Waals surface area contributed by atoms with Crippen LogP contribution >= 0.6 is 11.6 Å². The first-order chi connectivity index (χ1) is 14.7. The topological polar surface area (TPSA) is 89.6 Å². The van der Waals surface area contributed by atoms with E-state index in [1.54, 1.807) is 0 Å². The van der Waals surface area contributed by atoms with Crippen LogP contribution in [0.15, 0.2) is 48.8 Å². The number of carbonyl (C=O) groups excluding carboxylic acids is 2. The molecule has 0 fully saturated rings. The maximum absolute atomic E-state index is 13.3. The van der Waals surface area contributed by atoms with E-state index in [0.29, 0.717) is 5.70 Å². The first-order valence-electron chi connectivity index (χ1n) is 8.93. The van der Waals surface area contributed by atoms with E-state index >= 15 is 0 Å². The molecule has 7 nitrogen and oxygen atoms in total. The fraction of sp³-hybridized carbons (Fsp3) is 0.250. The van der Waals surface area contributed by atoms with Crippen LogP contribution in [0.3, 0.4) is 0 Å². The molecule has 1 aromatic carbocycles. The highest BCUT2D eigenvalue weighted by Gasteiger charge is 2.11. The lowest BCUT2D eigenvalue weighted by molar-refractivity contribution is -0.123. The summed E-state index contributed by atoms with van der Waals surface area (Å²) in [5.74, 6) is -1.42. The molecule has 2 rings (SSSR count). The average molecular weight is 458 g/mol. The molecule has 31 heavy (non-hydrogen) atoms. The van der Waals surface area contributed by atoms with Gasteiger partial charge in [-0.15, -0.1) is 0 Å². The molecule has 1 heterocycles. The van der Waals surface area contributed by atoms with E-state index in [1.165, 1.54) is 18.2 Å². The van der Waals surface area contributed by atoms with E-state index in [9.17, 15) is 22.8 Å². The van der Waals surface area contributed by atoms with Crippen LogP contribution in [0.25, 0.3) is 0 Å². The zero-order valence-corrected chi connectivity index (χ0v) is 16.9. The van der Waals surface area contributed by atoms with Crippen LogP contribution in [-0.2, 0) is 9.59 Å². The number of benzene rings is 1. The fourth-order valence-corrected chi connectivity index (χ4v) is 2.32. The Kier molecular flexibility index (Phi) is 9.13. The molecule has 0 aliphatic heterocycles. The number of halogens is 4. The molecule has 0 saturated carbocycles. The Morgan fingerprint density at radius 3 is 2.45 bits per heavy atom. The largest absolute Gasteiger partial charge is 0.484 e. The van der Waals surface area contributed by atoms with Gasteiger partial charge >= 0.3 is 0 Å². The van der Waals surface area contributed by atoms with Gasteiger partial charge in [-0.1, -0.05) is 18.2 Å². The Hall–Kier alpha value is -3.27. The number of aromatic nitrogens is 1. The monoisotopic (exact) mass is 457 g/mol. The summed E-state index contributed by atoms with van der Waals surface area (Å²) >= 11 is 5.56. The molecule has 0 aliphatic rings. The van der Waals surface area contributed by atoms with Gasteiger partial charge < -0.3 is 20.1 Å². The fourth-order valence-electron chi connectivity index (χ4n) is 2.20. The summed E-state index contributed by atoms with van der Waals surface area (Å²) < 4.78 is 48.8. The highest BCUT2D eigenvalue weighted by molar-refractivity contribution is 6.30. The zero-order valence-electron chi connectivity index (χ0n) is 16.2. The summed E-state index contributed by atoms with van der Waals surface area (Å²) in [5, 5.41) is 4.97. The van der Waals surface area contributed by atoms with Crippen molar-refractivity contribution in [3.63, 3.8) is 0 Å². The Balaban J connectivity index is 1.63. The molecule has 0 atom stereocenters. The van der Waals surface area contributed by atoms with Crippen molar-refractivity contribution in [3.05, 3.63) is 65.3 Å². The predicted octanol–water partition coefficient (Wildman–Crippen LogP) is 3.41. The summed E-state index contributed by atoms with van der Waals surface area (Å²) in [4.78, 5) is 27.1. The number of hydrogen-bond donors (Lipinski definition) is 2. The standard InChI is InChI=1S/C20H19ClF3N3O4/c1-12(27-19(29)11-31-14-5-7-25-17(9-14)20(23)24)4-6-26-18(28)10-30-13-2-3-15(21)16(22)8-13/h2-3,5,7-9,20H,1,4,6,10-11H2,(H,26,28)(H,27,29). The van der Waals surface area contributed by atoms with Gasteiger partial charge in [-0.05, 0) is 18.2 Å². The van der Waals surface area contributed by atoms with Gasteiger partial charge in [-0.25, -0.2) is 13.2 Å². The van der Waals surface area contributed by atoms with E-state index < -0.39 is 36.4 Å². The lowest BCUT2D eigenvalue weighted by Gasteiger charge is -2.11. The maximum atomic E-state index is 13.3. The van der Waals surface area contributed by atoms with E-state index in [4.69, 9.17) is 21.1 Å². The third-order valence-corrected chi connectivity index (χ3v) is 3.98. The Morgan fingerprint density at radius 2 is 1.77 bits per heavy atom. The van der Waals surface area contributed by atoms with E-state index in [-0.39, 0.29) is 36.1 Å². The third-order valence-electron chi connectivity index (χ3n) is 3.67. The van der Waals surface area contributed by atoms with E-state index in [2.05, 4.69) is 22.2 Å². The Bertz CT molecular complexity index is 944. The number of carbonyl (C=O) groups is 2. The van der Waals surface area contributed by atoms with E-state index in [0.717, 1.165) is 18.3 Å². The highest BCUT2D eigenvalue weighted by Crippen LogP contribution is 2.21. The number of nitrogens with zero attached hydrogens (tertiary/aromatic N) is 1. The number of alkyl halides is 2. The van der Waals surface area contributed by atoms with Crippen LogP contribution in [0.4, 0.5) is 13.2 Å². The predicted molar refractivity (Wildman–Crippen MR) is 107 cm³/mol. The molecule has 0 radical (unpaired) electrons. The lowest BCUT2D eigenvalue weighted by atomic mass is 10.3. The molecule has 2 amide bonds. The molecule has 0 spiro atoms. The van der Waals surface area contributed by atoms with Gasteiger partial charge in [0.2, 0.25) is 0 Å². The van der Waals surface area contributed by atoms with Crippen LogP contribution in [0.1, 0.15) is 18.5 Å². The van der Waals surface area contributed by atoms with Crippen LogP contribution in [0.5, 0.6) is 11.5 Å². The summed E-state index contributed by atoms with van der Waals surface area (Å²) in [6.07, 6.45) is -1.36. The number of amides is 2. The van der Waals surface area contributed by atoms with Crippen molar-refractivity contribution >= 4 is 23.4 Å². The number of nitrogens with one attached hydrogen (secondary N) is 2. The molecule has 1 aromatic heterocycles. The van der Waals surface area contributed by atoms with Gasteiger partial charge in [0, 0.05) is 37.0 Å². The summed E-state index contributed by atoms with van der Waals surface area (Å²) in [6.45, 7) is 3.08. The quantitative estimate of drug-likeness (QED) is 0.540. The van der Waals surface area contributed by atoms with Crippen molar-refractivity contribution in [1.82, 2.24) is 15.6 Å². The van der Waals surface area contributed by atoms with Crippen molar-refractivity contribution in [2.24, 2.45) is 0 Å². The van der Waals surface area contributed by atoms with E-state index in [1.807, 2.05) is 0 Å². The second kappa shape index (κ2) is 11.8. The van der Waals surface area contributed by atoms with Crippen molar-refractivity contribution in [2.75, 3.05) is 19.8 Å². The second-order valence-electron chi connectivity index (χ2n) is 6.12. The van der Waals surface area contributed by atoms with Crippen molar-refractivity contribution in [3.8, 4) is 11.5 Å². The van der Waals surface area contributed by atoms with Gasteiger partial charge in [0.15, 0.2) is 13.2 Å². The van der Waals surface area contributed by atoms with Crippen LogP contribution in [0.2, 0.25) is 5.02 Å². The molecule has 2 N–H and O–H groups in total. The minimum Gasteiger partial charge on any atom is -0.484 e. The number of pyridine rings is 1. The van der Waals surface area contributed by atoms with Crippen LogP contribution in [0, 0.1) is 5.82 Å². The van der Waals surface area contributed by atoms with Crippen molar-refractivity contribution in [2.45, 2.75) is 12.8 Å². The lowest BCUT2D eigenvalue weighted by Crippen LogP contribution is -2.32. The molecular formula is C20H19ClF3N3O4. The SMILES string of the molecule is C=C(CCNC(=O)COc1ccc(Cl)c(F)c1)NC(=O)COc1ccnc(C(F)F)c1.